The standard InChI is InChI=1S/C18H32N2/c1-7-19-17(18(4,5)6)12-13-20(8-2)16-11-9-10-15(3)14-16/h9-11,14,17,19H,7-8,12-13H2,1-6H3. The fourth-order valence-electron chi connectivity index (χ4n) is 2.67. The van der Waals surface area contributed by atoms with Crippen LogP contribution in [0.15, 0.2) is 24.3 Å². The lowest BCUT2D eigenvalue weighted by molar-refractivity contribution is 0.260. The summed E-state index contributed by atoms with van der Waals surface area (Å²) in [5.41, 5.74) is 2.99. The summed E-state index contributed by atoms with van der Waals surface area (Å²) in [4.78, 5) is 2.48. The predicted octanol–water partition coefficient (Wildman–Crippen LogP) is 4.24. The lowest BCUT2D eigenvalue weighted by Crippen LogP contribution is -2.42. The molecule has 0 aliphatic heterocycles. The summed E-state index contributed by atoms with van der Waals surface area (Å²) in [6, 6.07) is 9.37. The van der Waals surface area contributed by atoms with Gasteiger partial charge in [0.25, 0.3) is 0 Å². The largest absolute Gasteiger partial charge is 0.372 e. The molecule has 20 heavy (non-hydrogen) atoms. The SMILES string of the molecule is CCNC(CCN(CC)c1cccc(C)c1)C(C)(C)C. The Balaban J connectivity index is 2.69. The zero-order valence-electron chi connectivity index (χ0n) is 14.2. The Bertz CT molecular complexity index is 393. The van der Waals surface area contributed by atoms with E-state index in [1.54, 1.807) is 0 Å². The summed E-state index contributed by atoms with van der Waals surface area (Å²) in [7, 11) is 0. The Hall–Kier alpha value is -1.02. The lowest BCUT2D eigenvalue weighted by atomic mass is 9.84. The Labute approximate surface area is 125 Å². The van der Waals surface area contributed by atoms with Crippen molar-refractivity contribution in [3.63, 3.8) is 0 Å². The van der Waals surface area contributed by atoms with Crippen molar-refractivity contribution < 1.29 is 0 Å². The minimum absolute atomic E-state index is 0.308. The van der Waals surface area contributed by atoms with Crippen LogP contribution in [0.2, 0.25) is 0 Å². The third kappa shape index (κ3) is 5.16. The van der Waals surface area contributed by atoms with E-state index in [2.05, 4.69) is 76.0 Å². The average molecular weight is 276 g/mol. The van der Waals surface area contributed by atoms with E-state index in [4.69, 9.17) is 0 Å². The van der Waals surface area contributed by atoms with Crippen molar-refractivity contribution in [1.82, 2.24) is 5.32 Å². The number of hydrogen-bond acceptors (Lipinski definition) is 2. The molecule has 0 saturated carbocycles. The van der Waals surface area contributed by atoms with Gasteiger partial charge < -0.3 is 10.2 Å². The molecule has 0 aromatic heterocycles. The van der Waals surface area contributed by atoms with E-state index in [0.29, 0.717) is 11.5 Å². The van der Waals surface area contributed by atoms with Gasteiger partial charge in [0, 0.05) is 24.8 Å². The number of aryl methyl sites for hydroxylation is 1. The highest BCUT2D eigenvalue weighted by molar-refractivity contribution is 5.48. The minimum Gasteiger partial charge on any atom is -0.372 e. The molecule has 0 aliphatic rings. The summed E-state index contributed by atoms with van der Waals surface area (Å²) >= 11 is 0. The molecule has 0 heterocycles. The average Bonchev–Trinajstić information content (AvgIpc) is 2.37. The van der Waals surface area contributed by atoms with Crippen LogP contribution in [0.25, 0.3) is 0 Å². The maximum atomic E-state index is 3.64. The molecule has 0 aliphatic carbocycles. The molecule has 1 aromatic carbocycles. The van der Waals surface area contributed by atoms with E-state index in [1.165, 1.54) is 17.7 Å². The van der Waals surface area contributed by atoms with Crippen LogP contribution in [0.1, 0.15) is 46.6 Å². The number of benzene rings is 1. The third-order valence-corrected chi connectivity index (χ3v) is 3.93. The van der Waals surface area contributed by atoms with Gasteiger partial charge in [0.15, 0.2) is 0 Å². The monoisotopic (exact) mass is 276 g/mol. The van der Waals surface area contributed by atoms with Crippen molar-refractivity contribution in [2.75, 3.05) is 24.5 Å². The molecule has 114 valence electrons. The second kappa shape index (κ2) is 7.68. The van der Waals surface area contributed by atoms with Crippen LogP contribution in [0.3, 0.4) is 0 Å². The first-order valence-corrected chi connectivity index (χ1v) is 7.93. The zero-order valence-corrected chi connectivity index (χ0v) is 14.2. The number of hydrogen-bond donors (Lipinski definition) is 1. The molecular weight excluding hydrogens is 244 g/mol. The normalized spacial score (nSPS) is 13.3. The molecule has 0 fully saturated rings. The van der Waals surface area contributed by atoms with Crippen molar-refractivity contribution in [1.29, 1.82) is 0 Å². The number of nitrogens with zero attached hydrogens (tertiary/aromatic N) is 1. The molecule has 0 amide bonds. The molecule has 2 nitrogen and oxygen atoms in total. The second-order valence-electron chi connectivity index (χ2n) is 6.68. The van der Waals surface area contributed by atoms with Crippen LogP contribution in [0, 0.1) is 12.3 Å². The Morgan fingerprint density at radius 2 is 1.90 bits per heavy atom. The van der Waals surface area contributed by atoms with Crippen LogP contribution < -0.4 is 10.2 Å². The van der Waals surface area contributed by atoms with Crippen molar-refractivity contribution in [2.45, 2.75) is 54.0 Å². The summed E-state index contributed by atoms with van der Waals surface area (Å²) < 4.78 is 0. The smallest absolute Gasteiger partial charge is 0.0368 e. The summed E-state index contributed by atoms with van der Waals surface area (Å²) in [5.74, 6) is 0. The highest BCUT2D eigenvalue weighted by Gasteiger charge is 2.23. The number of rotatable bonds is 7. The van der Waals surface area contributed by atoms with Gasteiger partial charge >= 0.3 is 0 Å². The molecule has 1 aromatic rings. The molecule has 1 unspecified atom stereocenters. The maximum absolute atomic E-state index is 3.64. The van der Waals surface area contributed by atoms with Gasteiger partial charge in [-0.25, -0.2) is 0 Å². The lowest BCUT2D eigenvalue weighted by Gasteiger charge is -2.34. The molecule has 1 atom stereocenters. The summed E-state index contributed by atoms with van der Waals surface area (Å²) in [5, 5.41) is 3.64. The highest BCUT2D eigenvalue weighted by Crippen LogP contribution is 2.23. The van der Waals surface area contributed by atoms with E-state index >= 15 is 0 Å². The van der Waals surface area contributed by atoms with Crippen molar-refractivity contribution in [2.24, 2.45) is 5.41 Å². The van der Waals surface area contributed by atoms with Crippen molar-refractivity contribution in [3.05, 3.63) is 29.8 Å². The van der Waals surface area contributed by atoms with Crippen LogP contribution >= 0.6 is 0 Å². The molecular formula is C18H32N2. The molecule has 0 radical (unpaired) electrons. The van der Waals surface area contributed by atoms with Gasteiger partial charge in [0.05, 0.1) is 0 Å². The van der Waals surface area contributed by atoms with E-state index < -0.39 is 0 Å². The predicted molar refractivity (Wildman–Crippen MR) is 90.6 cm³/mol. The summed E-state index contributed by atoms with van der Waals surface area (Å²) in [6.07, 6.45) is 1.18. The third-order valence-electron chi connectivity index (χ3n) is 3.93. The molecule has 0 saturated heterocycles. The quantitative estimate of drug-likeness (QED) is 0.801. The van der Waals surface area contributed by atoms with Crippen LogP contribution in [-0.4, -0.2) is 25.7 Å². The Morgan fingerprint density at radius 1 is 1.20 bits per heavy atom. The van der Waals surface area contributed by atoms with Crippen LogP contribution in [-0.2, 0) is 0 Å². The van der Waals surface area contributed by atoms with Gasteiger partial charge in [0.2, 0.25) is 0 Å². The van der Waals surface area contributed by atoms with E-state index in [9.17, 15) is 0 Å². The fourth-order valence-corrected chi connectivity index (χ4v) is 2.67. The topological polar surface area (TPSA) is 15.3 Å². The van der Waals surface area contributed by atoms with Gasteiger partial charge in [-0.05, 0) is 49.9 Å². The summed E-state index contributed by atoms with van der Waals surface area (Å²) in [6.45, 7) is 16.8. The molecule has 1 N–H and O–H groups in total. The van der Waals surface area contributed by atoms with E-state index in [0.717, 1.165) is 19.6 Å². The van der Waals surface area contributed by atoms with Gasteiger partial charge in [-0.3, -0.25) is 0 Å². The van der Waals surface area contributed by atoms with E-state index in [1.807, 2.05) is 0 Å². The molecule has 2 heteroatoms. The second-order valence-corrected chi connectivity index (χ2v) is 6.68. The van der Waals surface area contributed by atoms with Gasteiger partial charge in [-0.1, -0.05) is 39.8 Å². The van der Waals surface area contributed by atoms with Crippen LogP contribution in [0.5, 0.6) is 0 Å². The van der Waals surface area contributed by atoms with Crippen molar-refractivity contribution in [3.8, 4) is 0 Å². The molecule has 0 spiro atoms. The first-order chi connectivity index (χ1) is 9.38. The number of nitrogens with one attached hydrogen (secondary N) is 1. The van der Waals surface area contributed by atoms with Gasteiger partial charge in [-0.15, -0.1) is 0 Å². The van der Waals surface area contributed by atoms with Gasteiger partial charge in [-0.2, -0.15) is 0 Å². The first kappa shape index (κ1) is 17.0. The minimum atomic E-state index is 0.308. The first-order valence-electron chi connectivity index (χ1n) is 7.93. The maximum Gasteiger partial charge on any atom is 0.0368 e. The fraction of sp³-hybridized carbons (Fsp3) is 0.667. The van der Waals surface area contributed by atoms with Gasteiger partial charge in [0.1, 0.15) is 0 Å². The highest BCUT2D eigenvalue weighted by atomic mass is 15.1. The molecule has 1 rings (SSSR count). The number of anilines is 1. The molecule has 0 bridgehead atoms. The zero-order chi connectivity index (χ0) is 15.2. The van der Waals surface area contributed by atoms with Crippen LogP contribution in [0.4, 0.5) is 5.69 Å². The van der Waals surface area contributed by atoms with E-state index in [-0.39, 0.29) is 0 Å². The Kier molecular flexibility index (Phi) is 6.54. The Morgan fingerprint density at radius 3 is 2.40 bits per heavy atom. The van der Waals surface area contributed by atoms with Crippen molar-refractivity contribution >= 4 is 5.69 Å².